The van der Waals surface area contributed by atoms with Crippen molar-refractivity contribution in [2.75, 3.05) is 6.61 Å². The summed E-state index contributed by atoms with van der Waals surface area (Å²) in [6, 6.07) is 7.36. The summed E-state index contributed by atoms with van der Waals surface area (Å²) in [5.74, 6) is -0.175. The van der Waals surface area contributed by atoms with E-state index in [0.29, 0.717) is 12.3 Å². The summed E-state index contributed by atoms with van der Waals surface area (Å²) in [5.41, 5.74) is 1.52. The summed E-state index contributed by atoms with van der Waals surface area (Å²) in [4.78, 5) is 10.7. The maximum atomic E-state index is 10.7. The van der Waals surface area contributed by atoms with Crippen molar-refractivity contribution < 1.29 is 14.6 Å². The molecule has 0 aliphatic heterocycles. The molecule has 1 aromatic heterocycles. The third kappa shape index (κ3) is 2.65. The van der Waals surface area contributed by atoms with E-state index in [2.05, 4.69) is 10.3 Å². The molecular formula is C12H13N3O3. The molecule has 1 N–H and O–H groups in total. The number of nitrogens with zero attached hydrogens (tertiary/aromatic N) is 3. The molecule has 94 valence electrons. The fourth-order valence-electron chi connectivity index (χ4n) is 1.61. The standard InChI is InChI=1S/C12H13N3O3/c1-2-18-10-5-3-9(4-6-10)11-7-13-14-15(11)8-12(16)17/h3-7H,2,8H2,1H3,(H,16,17). The number of carbonyl (C=O) groups is 1. The van der Waals surface area contributed by atoms with Crippen LogP contribution in [-0.4, -0.2) is 32.7 Å². The smallest absolute Gasteiger partial charge is 0.325 e. The van der Waals surface area contributed by atoms with Gasteiger partial charge in [-0.3, -0.25) is 4.79 Å². The number of carboxylic acids is 1. The number of carboxylic acid groups (broad SMARTS) is 1. The number of aliphatic carboxylic acids is 1. The maximum absolute atomic E-state index is 10.7. The van der Waals surface area contributed by atoms with Crippen LogP contribution in [0.5, 0.6) is 5.75 Å². The van der Waals surface area contributed by atoms with Crippen molar-refractivity contribution in [3.63, 3.8) is 0 Å². The van der Waals surface area contributed by atoms with Crippen molar-refractivity contribution in [2.24, 2.45) is 0 Å². The van der Waals surface area contributed by atoms with Crippen LogP contribution < -0.4 is 4.74 Å². The highest BCUT2D eigenvalue weighted by Gasteiger charge is 2.09. The van der Waals surface area contributed by atoms with E-state index >= 15 is 0 Å². The molecule has 0 aliphatic carbocycles. The van der Waals surface area contributed by atoms with Gasteiger partial charge in [-0.05, 0) is 31.2 Å². The maximum Gasteiger partial charge on any atom is 0.325 e. The molecule has 0 saturated heterocycles. The molecule has 0 bridgehead atoms. The molecule has 0 unspecified atom stereocenters. The monoisotopic (exact) mass is 247 g/mol. The Morgan fingerprint density at radius 3 is 2.72 bits per heavy atom. The second-order valence-electron chi connectivity index (χ2n) is 3.63. The number of benzene rings is 1. The van der Waals surface area contributed by atoms with E-state index in [1.165, 1.54) is 4.68 Å². The highest BCUT2D eigenvalue weighted by atomic mass is 16.5. The van der Waals surface area contributed by atoms with Gasteiger partial charge in [-0.15, -0.1) is 5.10 Å². The zero-order valence-electron chi connectivity index (χ0n) is 9.91. The Kier molecular flexibility index (Phi) is 3.57. The number of hydrogen-bond acceptors (Lipinski definition) is 4. The van der Waals surface area contributed by atoms with E-state index in [9.17, 15) is 4.79 Å². The first-order chi connectivity index (χ1) is 8.70. The Balaban J connectivity index is 2.25. The first kappa shape index (κ1) is 12.1. The number of aromatic nitrogens is 3. The van der Waals surface area contributed by atoms with Crippen LogP contribution in [0.4, 0.5) is 0 Å². The number of ether oxygens (including phenoxy) is 1. The van der Waals surface area contributed by atoms with Crippen LogP contribution in [0.2, 0.25) is 0 Å². The SMILES string of the molecule is CCOc1ccc(-c2cnnn2CC(=O)O)cc1. The molecule has 1 aromatic carbocycles. The Morgan fingerprint density at radius 2 is 2.11 bits per heavy atom. The molecule has 0 spiro atoms. The second-order valence-corrected chi connectivity index (χ2v) is 3.63. The minimum Gasteiger partial charge on any atom is -0.494 e. The molecule has 0 amide bonds. The zero-order chi connectivity index (χ0) is 13.0. The molecule has 1 heterocycles. The summed E-state index contributed by atoms with van der Waals surface area (Å²) in [6.45, 7) is 2.32. The molecule has 2 rings (SSSR count). The largest absolute Gasteiger partial charge is 0.494 e. The van der Waals surface area contributed by atoms with Crippen molar-refractivity contribution in [3.05, 3.63) is 30.5 Å². The lowest BCUT2D eigenvalue weighted by Gasteiger charge is -2.06. The van der Waals surface area contributed by atoms with Gasteiger partial charge in [-0.2, -0.15) is 0 Å². The van der Waals surface area contributed by atoms with E-state index in [4.69, 9.17) is 9.84 Å². The van der Waals surface area contributed by atoms with Crippen LogP contribution in [0.15, 0.2) is 30.5 Å². The summed E-state index contributed by atoms with van der Waals surface area (Å²) < 4.78 is 6.69. The van der Waals surface area contributed by atoms with Gasteiger partial charge in [0.05, 0.1) is 18.5 Å². The fourth-order valence-corrected chi connectivity index (χ4v) is 1.61. The minimum absolute atomic E-state index is 0.206. The van der Waals surface area contributed by atoms with Gasteiger partial charge in [0.25, 0.3) is 0 Å². The Hall–Kier alpha value is -2.37. The highest BCUT2D eigenvalue weighted by Crippen LogP contribution is 2.21. The van der Waals surface area contributed by atoms with Gasteiger partial charge in [0.1, 0.15) is 12.3 Å². The van der Waals surface area contributed by atoms with E-state index in [1.807, 2.05) is 31.2 Å². The molecule has 0 saturated carbocycles. The van der Waals surface area contributed by atoms with E-state index in [1.54, 1.807) is 6.20 Å². The topological polar surface area (TPSA) is 77.2 Å². The number of hydrogen-bond donors (Lipinski definition) is 1. The number of rotatable bonds is 5. The van der Waals surface area contributed by atoms with Gasteiger partial charge in [0, 0.05) is 5.56 Å². The molecule has 0 aliphatic rings. The lowest BCUT2D eigenvalue weighted by Crippen LogP contribution is -2.11. The molecule has 2 aromatic rings. The third-order valence-corrected chi connectivity index (χ3v) is 2.36. The fraction of sp³-hybridized carbons (Fsp3) is 0.250. The van der Waals surface area contributed by atoms with Gasteiger partial charge in [-0.25, -0.2) is 4.68 Å². The Bertz CT molecular complexity index is 534. The summed E-state index contributed by atoms with van der Waals surface area (Å²) in [5, 5.41) is 16.2. The molecule has 0 fully saturated rings. The van der Waals surface area contributed by atoms with Crippen LogP contribution in [0.3, 0.4) is 0 Å². The molecule has 18 heavy (non-hydrogen) atoms. The summed E-state index contributed by atoms with van der Waals surface area (Å²) >= 11 is 0. The predicted octanol–water partition coefficient (Wildman–Crippen LogP) is 1.43. The lowest BCUT2D eigenvalue weighted by molar-refractivity contribution is -0.137. The molecule has 0 atom stereocenters. The van der Waals surface area contributed by atoms with Gasteiger partial charge >= 0.3 is 5.97 Å². The van der Waals surface area contributed by atoms with Gasteiger partial charge in [0.2, 0.25) is 0 Å². The molecule has 6 nitrogen and oxygen atoms in total. The summed E-state index contributed by atoms with van der Waals surface area (Å²) in [6.07, 6.45) is 1.54. The predicted molar refractivity (Wildman–Crippen MR) is 64.3 cm³/mol. The van der Waals surface area contributed by atoms with Gasteiger partial charge in [0.15, 0.2) is 0 Å². The average Bonchev–Trinajstić information content (AvgIpc) is 2.78. The van der Waals surface area contributed by atoms with Gasteiger partial charge < -0.3 is 9.84 Å². The first-order valence-corrected chi connectivity index (χ1v) is 5.54. The second kappa shape index (κ2) is 5.31. The quantitative estimate of drug-likeness (QED) is 0.864. The molecule has 0 radical (unpaired) electrons. The lowest BCUT2D eigenvalue weighted by atomic mass is 10.1. The molecular weight excluding hydrogens is 234 g/mol. The zero-order valence-corrected chi connectivity index (χ0v) is 9.91. The van der Waals surface area contributed by atoms with Crippen LogP contribution in [-0.2, 0) is 11.3 Å². The van der Waals surface area contributed by atoms with Crippen LogP contribution >= 0.6 is 0 Å². The average molecular weight is 247 g/mol. The van der Waals surface area contributed by atoms with E-state index in [0.717, 1.165) is 11.3 Å². The van der Waals surface area contributed by atoms with Crippen LogP contribution in [0.25, 0.3) is 11.3 Å². The van der Waals surface area contributed by atoms with E-state index < -0.39 is 5.97 Å². The van der Waals surface area contributed by atoms with Crippen LogP contribution in [0, 0.1) is 0 Å². The normalized spacial score (nSPS) is 10.3. The summed E-state index contributed by atoms with van der Waals surface area (Å²) in [7, 11) is 0. The van der Waals surface area contributed by atoms with Gasteiger partial charge in [-0.1, -0.05) is 5.21 Å². The van der Waals surface area contributed by atoms with Crippen molar-refractivity contribution in [1.82, 2.24) is 15.0 Å². The molecule has 6 heteroatoms. The van der Waals surface area contributed by atoms with Crippen molar-refractivity contribution in [1.29, 1.82) is 0 Å². The minimum atomic E-state index is -0.951. The van der Waals surface area contributed by atoms with E-state index in [-0.39, 0.29) is 6.54 Å². The highest BCUT2D eigenvalue weighted by molar-refractivity contribution is 5.68. The van der Waals surface area contributed by atoms with Crippen molar-refractivity contribution in [2.45, 2.75) is 13.5 Å². The Morgan fingerprint density at radius 1 is 1.39 bits per heavy atom. The van der Waals surface area contributed by atoms with Crippen molar-refractivity contribution in [3.8, 4) is 17.0 Å². The van der Waals surface area contributed by atoms with Crippen LogP contribution in [0.1, 0.15) is 6.92 Å². The first-order valence-electron chi connectivity index (χ1n) is 5.54. The Labute approximate surface area is 104 Å². The van der Waals surface area contributed by atoms with Crippen molar-refractivity contribution >= 4 is 5.97 Å². The third-order valence-electron chi connectivity index (χ3n) is 2.36.